The molecule has 0 aliphatic rings. The normalized spacial score (nSPS) is 11.9. The minimum Gasteiger partial charge on any atom is -0.496 e. The molecule has 0 saturated heterocycles. The van der Waals surface area contributed by atoms with Crippen molar-refractivity contribution in [3.63, 3.8) is 0 Å². The van der Waals surface area contributed by atoms with Crippen LogP contribution in [0, 0.1) is 13.8 Å². The number of likely N-dealkylation sites (N-methyl/N-ethyl adjacent to an activating group) is 1. The largest absolute Gasteiger partial charge is 0.496 e. The third kappa shape index (κ3) is 5.44. The molecular formula is C20H28N3OS+. The van der Waals surface area contributed by atoms with E-state index in [1.807, 2.05) is 18.2 Å². The van der Waals surface area contributed by atoms with Gasteiger partial charge in [-0.2, -0.15) is 0 Å². The molecule has 0 heterocycles. The molecule has 3 N–H and O–H groups in total. The molecular weight excluding hydrogens is 330 g/mol. The molecule has 134 valence electrons. The lowest BCUT2D eigenvalue weighted by Crippen LogP contribution is -3.07. The Bertz CT molecular complexity index is 710. The predicted octanol–water partition coefficient (Wildman–Crippen LogP) is 2.48. The Morgan fingerprint density at radius 2 is 1.76 bits per heavy atom. The summed E-state index contributed by atoms with van der Waals surface area (Å²) in [5.41, 5.74) is 4.62. The monoisotopic (exact) mass is 358 g/mol. The van der Waals surface area contributed by atoms with Gasteiger partial charge in [-0.15, -0.1) is 0 Å². The third-order valence-corrected chi connectivity index (χ3v) is 4.40. The fourth-order valence-corrected chi connectivity index (χ4v) is 3.20. The molecule has 0 bridgehead atoms. The molecule has 2 aromatic carbocycles. The van der Waals surface area contributed by atoms with Crippen molar-refractivity contribution >= 4 is 23.0 Å². The Kier molecular flexibility index (Phi) is 6.79. The fourth-order valence-electron chi connectivity index (χ4n) is 3.00. The van der Waals surface area contributed by atoms with Crippen LogP contribution in [0.15, 0.2) is 42.5 Å². The summed E-state index contributed by atoms with van der Waals surface area (Å²) in [5, 5.41) is 7.25. The number of para-hydroxylation sites is 1. The zero-order valence-electron chi connectivity index (χ0n) is 15.6. The van der Waals surface area contributed by atoms with Crippen LogP contribution in [-0.2, 0) is 0 Å². The standard InChI is InChI=1S/C20H27N3OS/c1-14-10-15(2)12-16(11-14)22-20(25)21-13-18(23(3)4)17-8-6-7-9-19(17)24-5/h6-12,18H,13H2,1-5H3,(H2,21,22,25)/p+1/t18-/m0/s1. The first-order valence-corrected chi connectivity index (χ1v) is 8.87. The Hall–Kier alpha value is -2.11. The minimum absolute atomic E-state index is 0.232. The molecule has 0 aliphatic heterocycles. The van der Waals surface area contributed by atoms with Crippen LogP contribution in [0.5, 0.6) is 5.75 Å². The molecule has 25 heavy (non-hydrogen) atoms. The maximum atomic E-state index is 5.52. The van der Waals surface area contributed by atoms with Gasteiger partial charge in [-0.1, -0.05) is 18.2 Å². The first-order chi connectivity index (χ1) is 11.9. The second-order valence-corrected chi connectivity index (χ2v) is 6.99. The number of aryl methyl sites for hydroxylation is 2. The topological polar surface area (TPSA) is 37.7 Å². The molecule has 2 rings (SSSR count). The number of hydrogen-bond donors (Lipinski definition) is 3. The molecule has 0 amide bonds. The summed E-state index contributed by atoms with van der Waals surface area (Å²) >= 11 is 5.48. The number of thiocarbonyl (C=S) groups is 1. The van der Waals surface area contributed by atoms with E-state index in [-0.39, 0.29) is 6.04 Å². The van der Waals surface area contributed by atoms with Crippen molar-refractivity contribution in [2.75, 3.05) is 33.1 Å². The summed E-state index contributed by atoms with van der Waals surface area (Å²) in [7, 11) is 5.99. The summed E-state index contributed by atoms with van der Waals surface area (Å²) < 4.78 is 5.52. The number of anilines is 1. The van der Waals surface area contributed by atoms with E-state index in [1.54, 1.807) is 7.11 Å². The molecule has 0 fully saturated rings. The highest BCUT2D eigenvalue weighted by atomic mass is 32.1. The summed E-state index contributed by atoms with van der Waals surface area (Å²) in [6.45, 7) is 4.89. The van der Waals surface area contributed by atoms with Crippen molar-refractivity contribution < 1.29 is 9.64 Å². The van der Waals surface area contributed by atoms with Crippen molar-refractivity contribution in [2.45, 2.75) is 19.9 Å². The average molecular weight is 359 g/mol. The van der Waals surface area contributed by atoms with Gasteiger partial charge in [0.15, 0.2) is 5.11 Å². The van der Waals surface area contributed by atoms with E-state index in [1.165, 1.54) is 21.6 Å². The zero-order valence-corrected chi connectivity index (χ0v) is 16.5. The van der Waals surface area contributed by atoms with Gasteiger partial charge >= 0.3 is 0 Å². The van der Waals surface area contributed by atoms with Crippen molar-refractivity contribution in [1.29, 1.82) is 0 Å². The molecule has 0 aliphatic carbocycles. The van der Waals surface area contributed by atoms with Crippen LogP contribution < -0.4 is 20.3 Å². The van der Waals surface area contributed by atoms with Gasteiger partial charge in [0.05, 0.1) is 33.3 Å². The Morgan fingerprint density at radius 3 is 2.36 bits per heavy atom. The lowest BCUT2D eigenvalue weighted by atomic mass is 10.0. The molecule has 0 unspecified atom stereocenters. The minimum atomic E-state index is 0.232. The van der Waals surface area contributed by atoms with Gasteiger partial charge in [-0.3, -0.25) is 0 Å². The molecule has 2 aromatic rings. The highest BCUT2D eigenvalue weighted by molar-refractivity contribution is 7.80. The summed E-state index contributed by atoms with van der Waals surface area (Å²) in [6, 6.07) is 14.7. The number of nitrogens with one attached hydrogen (secondary N) is 3. The van der Waals surface area contributed by atoms with E-state index in [0.717, 1.165) is 18.0 Å². The lowest BCUT2D eigenvalue weighted by molar-refractivity contribution is -0.890. The maximum absolute atomic E-state index is 5.52. The van der Waals surface area contributed by atoms with Crippen LogP contribution in [0.25, 0.3) is 0 Å². The van der Waals surface area contributed by atoms with Crippen LogP contribution in [0.4, 0.5) is 5.69 Å². The molecule has 0 aromatic heterocycles. The zero-order chi connectivity index (χ0) is 18.4. The Balaban J connectivity index is 2.04. The average Bonchev–Trinajstić information content (AvgIpc) is 2.54. The van der Waals surface area contributed by atoms with E-state index in [4.69, 9.17) is 17.0 Å². The number of benzene rings is 2. The molecule has 0 saturated carbocycles. The van der Waals surface area contributed by atoms with Crippen molar-refractivity contribution in [3.8, 4) is 5.75 Å². The smallest absolute Gasteiger partial charge is 0.171 e. The summed E-state index contributed by atoms with van der Waals surface area (Å²) in [5.74, 6) is 0.906. The number of methoxy groups -OCH3 is 1. The van der Waals surface area contributed by atoms with Gasteiger partial charge in [0.1, 0.15) is 11.8 Å². The van der Waals surface area contributed by atoms with Gasteiger partial charge in [-0.05, 0) is 61.5 Å². The van der Waals surface area contributed by atoms with Crippen LogP contribution in [-0.4, -0.2) is 32.9 Å². The predicted molar refractivity (Wildman–Crippen MR) is 109 cm³/mol. The second kappa shape index (κ2) is 8.83. The van der Waals surface area contributed by atoms with Crippen molar-refractivity contribution in [1.82, 2.24) is 5.32 Å². The van der Waals surface area contributed by atoms with Gasteiger partial charge in [0.2, 0.25) is 0 Å². The molecule has 1 atom stereocenters. The van der Waals surface area contributed by atoms with Gasteiger partial charge in [0.25, 0.3) is 0 Å². The first-order valence-electron chi connectivity index (χ1n) is 8.47. The second-order valence-electron chi connectivity index (χ2n) is 6.58. The van der Waals surface area contributed by atoms with Gasteiger partial charge in [0, 0.05) is 5.69 Å². The molecule has 4 nitrogen and oxygen atoms in total. The highest BCUT2D eigenvalue weighted by Gasteiger charge is 2.21. The number of ether oxygens (including phenoxy) is 1. The SMILES string of the molecule is COc1ccccc1[C@H](CNC(=S)Nc1cc(C)cc(C)c1)[NH+](C)C. The van der Waals surface area contributed by atoms with E-state index in [9.17, 15) is 0 Å². The lowest BCUT2D eigenvalue weighted by Gasteiger charge is -2.24. The molecule has 5 heteroatoms. The van der Waals surface area contributed by atoms with Crippen molar-refractivity contribution in [2.24, 2.45) is 0 Å². The van der Waals surface area contributed by atoms with Crippen LogP contribution in [0.2, 0.25) is 0 Å². The van der Waals surface area contributed by atoms with Gasteiger partial charge in [-0.25, -0.2) is 0 Å². The fraction of sp³-hybridized carbons (Fsp3) is 0.350. The van der Waals surface area contributed by atoms with E-state index < -0.39 is 0 Å². The van der Waals surface area contributed by atoms with Crippen LogP contribution in [0.1, 0.15) is 22.7 Å². The first kappa shape index (κ1) is 19.2. The van der Waals surface area contributed by atoms with Crippen LogP contribution in [0.3, 0.4) is 0 Å². The van der Waals surface area contributed by atoms with E-state index in [2.05, 4.69) is 62.8 Å². The van der Waals surface area contributed by atoms with Gasteiger partial charge < -0.3 is 20.3 Å². The quantitative estimate of drug-likeness (QED) is 0.694. The Labute approximate surface area is 156 Å². The van der Waals surface area contributed by atoms with E-state index >= 15 is 0 Å². The molecule has 0 radical (unpaired) electrons. The number of rotatable bonds is 6. The van der Waals surface area contributed by atoms with Crippen LogP contribution >= 0.6 is 12.2 Å². The number of quaternary nitrogens is 1. The van der Waals surface area contributed by atoms with E-state index in [0.29, 0.717) is 5.11 Å². The summed E-state index contributed by atoms with van der Waals surface area (Å²) in [4.78, 5) is 1.31. The maximum Gasteiger partial charge on any atom is 0.171 e. The highest BCUT2D eigenvalue weighted by Crippen LogP contribution is 2.22. The third-order valence-electron chi connectivity index (χ3n) is 4.16. The number of hydrogen-bond acceptors (Lipinski definition) is 2. The molecule has 0 spiro atoms. The summed E-state index contributed by atoms with van der Waals surface area (Å²) in [6.07, 6.45) is 0. The van der Waals surface area contributed by atoms with Crippen molar-refractivity contribution in [3.05, 3.63) is 59.2 Å². The Morgan fingerprint density at radius 1 is 1.12 bits per heavy atom.